The van der Waals surface area contributed by atoms with Crippen molar-refractivity contribution in [3.05, 3.63) is 33.8 Å². The van der Waals surface area contributed by atoms with Crippen LogP contribution in [0.2, 0.25) is 10.0 Å². The van der Waals surface area contributed by atoms with Crippen molar-refractivity contribution in [1.29, 1.82) is 0 Å². The predicted molar refractivity (Wildman–Crippen MR) is 83.2 cm³/mol. The quantitative estimate of drug-likeness (QED) is 0.902. The van der Waals surface area contributed by atoms with Crippen LogP contribution in [0.15, 0.2) is 18.2 Å². The highest BCUT2D eigenvalue weighted by Crippen LogP contribution is 2.20. The molecule has 110 valence electrons. The van der Waals surface area contributed by atoms with Gasteiger partial charge in [-0.25, -0.2) is 0 Å². The molecule has 0 spiro atoms. The topological polar surface area (TPSA) is 32.3 Å². The number of nitrogens with zero attached hydrogens (tertiary/aromatic N) is 1. The number of benzene rings is 1. The molecule has 1 fully saturated rings. The third-order valence-electron chi connectivity index (χ3n) is 3.66. The van der Waals surface area contributed by atoms with E-state index in [1.54, 1.807) is 18.0 Å². The molecule has 0 radical (unpaired) electrons. The van der Waals surface area contributed by atoms with E-state index in [-0.39, 0.29) is 5.91 Å². The first-order valence-electron chi connectivity index (χ1n) is 6.97. The number of halogens is 2. The van der Waals surface area contributed by atoms with Crippen molar-refractivity contribution in [3.63, 3.8) is 0 Å². The molecule has 1 aromatic carbocycles. The van der Waals surface area contributed by atoms with Crippen molar-refractivity contribution >= 4 is 29.1 Å². The van der Waals surface area contributed by atoms with E-state index in [9.17, 15) is 4.79 Å². The Morgan fingerprint density at radius 1 is 1.25 bits per heavy atom. The summed E-state index contributed by atoms with van der Waals surface area (Å²) in [7, 11) is 1.80. The molecule has 3 nitrogen and oxygen atoms in total. The maximum atomic E-state index is 12.1. The highest BCUT2D eigenvalue weighted by atomic mass is 35.5. The van der Waals surface area contributed by atoms with Gasteiger partial charge in [0.15, 0.2) is 0 Å². The first kappa shape index (κ1) is 15.6. The number of amides is 1. The number of hydrogen-bond donors (Lipinski definition) is 1. The van der Waals surface area contributed by atoms with Gasteiger partial charge in [0.25, 0.3) is 0 Å². The summed E-state index contributed by atoms with van der Waals surface area (Å²) in [5.41, 5.74) is 0.944. The molecule has 0 aromatic heterocycles. The SMILES string of the molecule is CN(Cc1cc(Cl)cc(Cl)c1)C(=O)CNC1CCCC1. The smallest absolute Gasteiger partial charge is 0.236 e. The minimum atomic E-state index is 0.0907. The Balaban J connectivity index is 1.83. The van der Waals surface area contributed by atoms with E-state index in [0.29, 0.717) is 29.2 Å². The van der Waals surface area contributed by atoms with Gasteiger partial charge >= 0.3 is 0 Å². The summed E-state index contributed by atoms with van der Waals surface area (Å²) in [6.45, 7) is 0.918. The summed E-state index contributed by atoms with van der Waals surface area (Å²) in [4.78, 5) is 13.8. The lowest BCUT2D eigenvalue weighted by molar-refractivity contribution is -0.129. The van der Waals surface area contributed by atoms with Crippen LogP contribution in [0.4, 0.5) is 0 Å². The Labute approximate surface area is 130 Å². The van der Waals surface area contributed by atoms with Gasteiger partial charge in [0, 0.05) is 29.7 Å². The molecular weight excluding hydrogens is 295 g/mol. The van der Waals surface area contributed by atoms with Crippen LogP contribution in [0.25, 0.3) is 0 Å². The van der Waals surface area contributed by atoms with Gasteiger partial charge < -0.3 is 10.2 Å². The fourth-order valence-electron chi connectivity index (χ4n) is 2.56. The van der Waals surface area contributed by atoms with Crippen LogP contribution in [-0.4, -0.2) is 30.4 Å². The van der Waals surface area contributed by atoms with E-state index in [0.717, 1.165) is 5.56 Å². The zero-order chi connectivity index (χ0) is 14.5. The number of nitrogens with one attached hydrogen (secondary N) is 1. The van der Waals surface area contributed by atoms with Crippen molar-refractivity contribution in [2.24, 2.45) is 0 Å². The second kappa shape index (κ2) is 7.30. The Kier molecular flexibility index (Phi) is 5.70. The summed E-state index contributed by atoms with van der Waals surface area (Å²) in [5, 5.41) is 4.52. The number of carbonyl (C=O) groups excluding carboxylic acids is 1. The lowest BCUT2D eigenvalue weighted by atomic mass is 10.2. The van der Waals surface area contributed by atoms with Crippen LogP contribution < -0.4 is 5.32 Å². The molecule has 0 aliphatic heterocycles. The van der Waals surface area contributed by atoms with Crippen LogP contribution >= 0.6 is 23.2 Å². The molecule has 1 saturated carbocycles. The van der Waals surface area contributed by atoms with Crippen LogP contribution in [0.5, 0.6) is 0 Å². The Morgan fingerprint density at radius 2 is 1.85 bits per heavy atom. The largest absolute Gasteiger partial charge is 0.340 e. The van der Waals surface area contributed by atoms with Crippen molar-refractivity contribution in [2.45, 2.75) is 38.3 Å². The molecule has 1 amide bonds. The Morgan fingerprint density at radius 3 is 2.45 bits per heavy atom. The molecule has 5 heteroatoms. The summed E-state index contributed by atoms with van der Waals surface area (Å²) in [6.07, 6.45) is 4.90. The molecule has 0 heterocycles. The van der Waals surface area contributed by atoms with Crippen molar-refractivity contribution in [1.82, 2.24) is 10.2 Å². The van der Waals surface area contributed by atoms with E-state index < -0.39 is 0 Å². The highest BCUT2D eigenvalue weighted by molar-refractivity contribution is 6.34. The summed E-state index contributed by atoms with van der Waals surface area (Å²) >= 11 is 11.9. The molecule has 2 rings (SSSR count). The number of hydrogen-bond acceptors (Lipinski definition) is 2. The molecule has 1 N–H and O–H groups in total. The van der Waals surface area contributed by atoms with Crippen LogP contribution in [0, 0.1) is 0 Å². The van der Waals surface area contributed by atoms with Crippen molar-refractivity contribution in [2.75, 3.05) is 13.6 Å². The van der Waals surface area contributed by atoms with Gasteiger partial charge in [-0.15, -0.1) is 0 Å². The second-order valence-electron chi connectivity index (χ2n) is 5.39. The zero-order valence-corrected chi connectivity index (χ0v) is 13.2. The zero-order valence-electron chi connectivity index (χ0n) is 11.7. The minimum absolute atomic E-state index is 0.0907. The van der Waals surface area contributed by atoms with E-state index in [1.165, 1.54) is 25.7 Å². The summed E-state index contributed by atoms with van der Waals surface area (Å²) in [5.74, 6) is 0.0907. The number of carbonyl (C=O) groups is 1. The number of rotatable bonds is 5. The second-order valence-corrected chi connectivity index (χ2v) is 6.26. The van der Waals surface area contributed by atoms with Gasteiger partial charge in [0.2, 0.25) is 5.91 Å². The number of likely N-dealkylation sites (N-methyl/N-ethyl adjacent to an activating group) is 1. The molecule has 0 unspecified atom stereocenters. The van der Waals surface area contributed by atoms with E-state index in [2.05, 4.69) is 5.32 Å². The Bertz CT molecular complexity index is 453. The van der Waals surface area contributed by atoms with Crippen LogP contribution in [0.1, 0.15) is 31.2 Å². The predicted octanol–water partition coefficient (Wildman–Crippen LogP) is 3.48. The van der Waals surface area contributed by atoms with Gasteiger partial charge in [0.1, 0.15) is 0 Å². The van der Waals surface area contributed by atoms with Crippen LogP contribution in [0.3, 0.4) is 0 Å². The average molecular weight is 315 g/mol. The van der Waals surface area contributed by atoms with Crippen molar-refractivity contribution < 1.29 is 4.79 Å². The standard InChI is InChI=1S/C15H20Cl2N2O/c1-19(10-11-6-12(16)8-13(17)7-11)15(20)9-18-14-4-2-3-5-14/h6-8,14,18H,2-5,9-10H2,1H3. The van der Waals surface area contributed by atoms with Gasteiger partial charge in [0.05, 0.1) is 6.54 Å². The first-order valence-corrected chi connectivity index (χ1v) is 7.72. The van der Waals surface area contributed by atoms with E-state index in [1.807, 2.05) is 12.1 Å². The molecule has 0 saturated heterocycles. The van der Waals surface area contributed by atoms with Gasteiger partial charge in [-0.2, -0.15) is 0 Å². The molecule has 20 heavy (non-hydrogen) atoms. The lowest BCUT2D eigenvalue weighted by Gasteiger charge is -2.19. The summed E-state index contributed by atoms with van der Waals surface area (Å²) < 4.78 is 0. The van der Waals surface area contributed by atoms with Gasteiger partial charge in [-0.3, -0.25) is 4.79 Å². The fourth-order valence-corrected chi connectivity index (χ4v) is 3.13. The first-order chi connectivity index (χ1) is 9.54. The summed E-state index contributed by atoms with van der Waals surface area (Å²) in [6, 6.07) is 5.87. The lowest BCUT2D eigenvalue weighted by Crippen LogP contribution is -2.38. The normalized spacial score (nSPS) is 15.6. The minimum Gasteiger partial charge on any atom is -0.340 e. The van der Waals surface area contributed by atoms with Crippen molar-refractivity contribution in [3.8, 4) is 0 Å². The molecule has 1 aromatic rings. The molecule has 1 aliphatic carbocycles. The maximum absolute atomic E-state index is 12.1. The maximum Gasteiger partial charge on any atom is 0.236 e. The third kappa shape index (κ3) is 4.65. The molecule has 1 aliphatic rings. The van der Waals surface area contributed by atoms with E-state index >= 15 is 0 Å². The molecule has 0 bridgehead atoms. The highest BCUT2D eigenvalue weighted by Gasteiger charge is 2.17. The monoisotopic (exact) mass is 314 g/mol. The molecule has 0 atom stereocenters. The van der Waals surface area contributed by atoms with Gasteiger partial charge in [-0.05, 0) is 36.6 Å². The fraction of sp³-hybridized carbons (Fsp3) is 0.533. The van der Waals surface area contributed by atoms with E-state index in [4.69, 9.17) is 23.2 Å². The van der Waals surface area contributed by atoms with Gasteiger partial charge in [-0.1, -0.05) is 36.0 Å². The molecular formula is C15H20Cl2N2O. The average Bonchev–Trinajstić information content (AvgIpc) is 2.87. The van der Waals surface area contributed by atoms with Crippen LogP contribution in [-0.2, 0) is 11.3 Å². The third-order valence-corrected chi connectivity index (χ3v) is 4.10. The Hall–Kier alpha value is -0.770.